The number of nitrogens with one attached hydrogen (secondary N) is 2. The fourth-order valence-corrected chi connectivity index (χ4v) is 3.98. The average molecular weight is 433 g/mol. The monoisotopic (exact) mass is 432 g/mol. The van der Waals surface area contributed by atoms with Gasteiger partial charge in [0.2, 0.25) is 0 Å². The van der Waals surface area contributed by atoms with Crippen LogP contribution in [0, 0.1) is 12.8 Å². The van der Waals surface area contributed by atoms with Crippen molar-refractivity contribution >= 4 is 29.2 Å². The molecule has 0 aliphatic rings. The Labute approximate surface area is 188 Å². The van der Waals surface area contributed by atoms with E-state index in [4.69, 9.17) is 0 Å². The van der Waals surface area contributed by atoms with Crippen molar-refractivity contribution in [2.45, 2.75) is 33.2 Å². The van der Waals surface area contributed by atoms with E-state index in [-0.39, 0.29) is 23.6 Å². The maximum absolute atomic E-state index is 13.3. The zero-order chi connectivity index (χ0) is 22.2. The molecule has 2 amide bonds. The molecule has 31 heavy (non-hydrogen) atoms. The van der Waals surface area contributed by atoms with Gasteiger partial charge in [-0.3, -0.25) is 9.59 Å². The fourth-order valence-electron chi connectivity index (χ4n) is 3.33. The summed E-state index contributed by atoms with van der Waals surface area (Å²) in [5, 5.41) is 7.89. The van der Waals surface area contributed by atoms with E-state index >= 15 is 0 Å². The molecule has 0 aliphatic heterocycles. The van der Waals surface area contributed by atoms with Crippen molar-refractivity contribution in [1.82, 2.24) is 10.6 Å². The molecule has 1 heterocycles. The fraction of sp³-hybridized carbons (Fsp3) is 0.231. The third kappa shape index (κ3) is 6.66. The minimum atomic E-state index is -0.304. The van der Waals surface area contributed by atoms with Crippen molar-refractivity contribution < 1.29 is 9.59 Å². The highest BCUT2D eigenvalue weighted by atomic mass is 32.1. The third-order valence-corrected chi connectivity index (χ3v) is 5.64. The minimum Gasteiger partial charge on any atom is -0.344 e. The lowest BCUT2D eigenvalue weighted by Crippen LogP contribution is -2.37. The molecule has 0 saturated carbocycles. The third-order valence-electron chi connectivity index (χ3n) is 4.82. The summed E-state index contributed by atoms with van der Waals surface area (Å²) in [6.07, 6.45) is 2.53. The second-order valence-electron chi connectivity index (χ2n) is 7.96. The number of amides is 2. The van der Waals surface area contributed by atoms with Gasteiger partial charge in [0.25, 0.3) is 11.8 Å². The van der Waals surface area contributed by atoms with Crippen LogP contribution >= 0.6 is 11.3 Å². The first kappa shape index (κ1) is 22.5. The van der Waals surface area contributed by atoms with Crippen LogP contribution in [-0.4, -0.2) is 11.8 Å². The molecule has 0 aliphatic carbocycles. The first-order valence-corrected chi connectivity index (χ1v) is 11.3. The molecule has 1 atom stereocenters. The van der Waals surface area contributed by atoms with Crippen LogP contribution in [0.5, 0.6) is 0 Å². The Hall–Kier alpha value is -3.18. The molecule has 0 fully saturated rings. The van der Waals surface area contributed by atoms with Crippen LogP contribution in [0.25, 0.3) is 6.08 Å². The van der Waals surface area contributed by atoms with E-state index in [2.05, 4.69) is 24.5 Å². The van der Waals surface area contributed by atoms with E-state index in [0.717, 1.165) is 22.4 Å². The summed E-state index contributed by atoms with van der Waals surface area (Å²) in [4.78, 5) is 27.0. The molecule has 0 spiro atoms. The number of hydrogen-bond donors (Lipinski definition) is 2. The quantitative estimate of drug-likeness (QED) is 0.447. The maximum Gasteiger partial charge on any atom is 0.268 e. The highest BCUT2D eigenvalue weighted by molar-refractivity contribution is 7.10. The Kier molecular flexibility index (Phi) is 7.79. The molecule has 0 saturated heterocycles. The second kappa shape index (κ2) is 10.7. The highest BCUT2D eigenvalue weighted by Crippen LogP contribution is 2.22. The number of thiophene rings is 1. The summed E-state index contributed by atoms with van der Waals surface area (Å²) in [6.45, 7) is 6.19. The van der Waals surface area contributed by atoms with Crippen molar-refractivity contribution in [2.24, 2.45) is 5.92 Å². The molecule has 5 heteroatoms. The number of carbonyl (C=O) groups excluding carboxylic acids is 2. The summed E-state index contributed by atoms with van der Waals surface area (Å²) in [5.41, 5.74) is 2.79. The normalized spacial score (nSPS) is 12.5. The lowest BCUT2D eigenvalue weighted by molar-refractivity contribution is -0.118. The van der Waals surface area contributed by atoms with Crippen LogP contribution in [0.2, 0.25) is 0 Å². The van der Waals surface area contributed by atoms with Gasteiger partial charge in [0.05, 0.1) is 6.04 Å². The Bertz CT molecular complexity index is 1040. The van der Waals surface area contributed by atoms with Crippen molar-refractivity contribution in [1.29, 1.82) is 0 Å². The zero-order valence-corrected chi connectivity index (χ0v) is 18.9. The summed E-state index contributed by atoms with van der Waals surface area (Å²) < 4.78 is 0. The van der Waals surface area contributed by atoms with Crippen molar-refractivity contribution in [3.05, 3.63) is 99.4 Å². The average Bonchev–Trinajstić information content (AvgIpc) is 3.26. The number of benzene rings is 2. The largest absolute Gasteiger partial charge is 0.344 e. The summed E-state index contributed by atoms with van der Waals surface area (Å²) in [7, 11) is 0. The molecule has 3 rings (SSSR count). The molecule has 2 N–H and O–H groups in total. The Morgan fingerprint density at radius 1 is 1.00 bits per heavy atom. The minimum absolute atomic E-state index is 0.142. The van der Waals surface area contributed by atoms with Gasteiger partial charge in [-0.05, 0) is 54.5 Å². The zero-order valence-electron chi connectivity index (χ0n) is 18.1. The molecule has 0 radical (unpaired) electrons. The second-order valence-corrected chi connectivity index (χ2v) is 8.94. The van der Waals surface area contributed by atoms with Crippen LogP contribution in [0.4, 0.5) is 0 Å². The number of aryl methyl sites for hydroxylation is 1. The van der Waals surface area contributed by atoms with E-state index in [0.29, 0.717) is 11.5 Å². The topological polar surface area (TPSA) is 58.2 Å². The van der Waals surface area contributed by atoms with Crippen LogP contribution in [0.15, 0.2) is 77.8 Å². The van der Waals surface area contributed by atoms with E-state index < -0.39 is 0 Å². The molecule has 160 valence electrons. The van der Waals surface area contributed by atoms with Gasteiger partial charge in [-0.25, -0.2) is 0 Å². The Balaban J connectivity index is 1.86. The lowest BCUT2D eigenvalue weighted by Gasteiger charge is -2.22. The van der Waals surface area contributed by atoms with Gasteiger partial charge in [0.1, 0.15) is 5.70 Å². The van der Waals surface area contributed by atoms with Gasteiger partial charge in [-0.1, -0.05) is 67.9 Å². The predicted molar refractivity (Wildman–Crippen MR) is 128 cm³/mol. The van der Waals surface area contributed by atoms with Crippen LogP contribution in [-0.2, 0) is 4.79 Å². The summed E-state index contributed by atoms with van der Waals surface area (Å²) in [6, 6.07) is 20.9. The van der Waals surface area contributed by atoms with E-state index in [9.17, 15) is 9.59 Å². The predicted octanol–water partition coefficient (Wildman–Crippen LogP) is 5.73. The van der Waals surface area contributed by atoms with Crippen LogP contribution in [0.3, 0.4) is 0 Å². The van der Waals surface area contributed by atoms with Gasteiger partial charge in [0.15, 0.2) is 0 Å². The summed E-state index contributed by atoms with van der Waals surface area (Å²) in [5.74, 6) is -0.206. The SMILES string of the molecule is Cc1cccc(C(=O)N/C(=C\c2cccs2)C(=O)N[C@@H](CC(C)C)c2ccccc2)c1. The van der Waals surface area contributed by atoms with Crippen LogP contribution in [0.1, 0.15) is 52.7 Å². The molecular weight excluding hydrogens is 404 g/mol. The van der Waals surface area contributed by atoms with E-state index in [1.165, 1.54) is 11.3 Å². The number of rotatable bonds is 8. The first-order valence-electron chi connectivity index (χ1n) is 10.4. The number of hydrogen-bond acceptors (Lipinski definition) is 3. The standard InChI is InChI=1S/C26H28N2O2S/c1-18(2)15-23(20-10-5-4-6-11-20)27-26(30)24(17-22-13-8-14-31-22)28-25(29)21-12-7-9-19(3)16-21/h4-14,16-18,23H,15H2,1-3H3,(H,27,30)(H,28,29)/b24-17-/t23-/m0/s1. The maximum atomic E-state index is 13.3. The molecule has 3 aromatic rings. The molecule has 2 aromatic carbocycles. The van der Waals surface area contributed by atoms with Crippen molar-refractivity contribution in [3.8, 4) is 0 Å². The van der Waals surface area contributed by atoms with Crippen molar-refractivity contribution in [3.63, 3.8) is 0 Å². The van der Waals surface area contributed by atoms with Gasteiger partial charge < -0.3 is 10.6 Å². The highest BCUT2D eigenvalue weighted by Gasteiger charge is 2.20. The molecular formula is C26H28N2O2S. The Morgan fingerprint density at radius 3 is 2.42 bits per heavy atom. The van der Waals surface area contributed by atoms with Gasteiger partial charge in [-0.2, -0.15) is 0 Å². The first-order chi connectivity index (χ1) is 14.9. The van der Waals surface area contributed by atoms with Crippen molar-refractivity contribution in [2.75, 3.05) is 0 Å². The Morgan fingerprint density at radius 2 is 1.77 bits per heavy atom. The van der Waals surface area contributed by atoms with Gasteiger partial charge in [-0.15, -0.1) is 11.3 Å². The van der Waals surface area contributed by atoms with E-state index in [1.54, 1.807) is 12.1 Å². The summed E-state index contributed by atoms with van der Waals surface area (Å²) >= 11 is 1.51. The van der Waals surface area contributed by atoms with Crippen LogP contribution < -0.4 is 10.6 Å². The molecule has 4 nitrogen and oxygen atoms in total. The number of carbonyl (C=O) groups is 2. The molecule has 0 bridgehead atoms. The molecule has 0 unspecified atom stereocenters. The van der Waals surface area contributed by atoms with Gasteiger partial charge >= 0.3 is 0 Å². The smallest absolute Gasteiger partial charge is 0.268 e. The lowest BCUT2D eigenvalue weighted by atomic mass is 9.97. The van der Waals surface area contributed by atoms with Gasteiger partial charge in [0, 0.05) is 10.4 Å². The molecule has 1 aromatic heterocycles. The van der Waals surface area contributed by atoms with E-state index in [1.807, 2.05) is 73.0 Å².